The van der Waals surface area contributed by atoms with Gasteiger partial charge in [0.25, 0.3) is 0 Å². The van der Waals surface area contributed by atoms with Crippen molar-refractivity contribution in [3.05, 3.63) is 28.2 Å². The number of rotatable bonds is 6. The van der Waals surface area contributed by atoms with Crippen LogP contribution in [0.15, 0.2) is 22.7 Å². The van der Waals surface area contributed by atoms with Crippen LogP contribution in [0.2, 0.25) is 0 Å². The van der Waals surface area contributed by atoms with E-state index in [1.54, 1.807) is 7.11 Å². The van der Waals surface area contributed by atoms with Gasteiger partial charge in [0.05, 0.1) is 12.3 Å². The molecule has 0 bridgehead atoms. The third-order valence-electron chi connectivity index (χ3n) is 2.79. The lowest BCUT2D eigenvalue weighted by molar-refractivity contribution is 0.205. The first-order valence-electron chi connectivity index (χ1n) is 5.89. The average molecular weight is 301 g/mol. The SMILES string of the molecule is CCN(CCOC)c1ccc([C@@H](C)N)cc1Br. The molecule has 0 saturated heterocycles. The average Bonchev–Trinajstić information content (AvgIpc) is 2.31. The number of hydrogen-bond acceptors (Lipinski definition) is 3. The third-order valence-corrected chi connectivity index (χ3v) is 3.42. The Morgan fingerprint density at radius 3 is 2.65 bits per heavy atom. The molecule has 0 heterocycles. The molecule has 0 fully saturated rings. The van der Waals surface area contributed by atoms with Crippen LogP contribution in [0, 0.1) is 0 Å². The van der Waals surface area contributed by atoms with Gasteiger partial charge in [0.2, 0.25) is 0 Å². The first-order chi connectivity index (χ1) is 8.10. The molecular formula is C13H21BrN2O. The van der Waals surface area contributed by atoms with E-state index in [0.717, 1.165) is 29.7 Å². The second-order valence-corrected chi connectivity index (χ2v) is 4.93. The van der Waals surface area contributed by atoms with Crippen molar-refractivity contribution >= 4 is 21.6 Å². The Bertz CT molecular complexity index is 355. The zero-order chi connectivity index (χ0) is 12.8. The van der Waals surface area contributed by atoms with E-state index in [9.17, 15) is 0 Å². The molecule has 0 aliphatic rings. The predicted octanol–water partition coefficient (Wildman–Crippen LogP) is 2.94. The Morgan fingerprint density at radius 2 is 2.18 bits per heavy atom. The highest BCUT2D eigenvalue weighted by atomic mass is 79.9. The summed E-state index contributed by atoms with van der Waals surface area (Å²) in [5, 5.41) is 0. The van der Waals surface area contributed by atoms with Crippen molar-refractivity contribution in [2.45, 2.75) is 19.9 Å². The first kappa shape index (κ1) is 14.5. The summed E-state index contributed by atoms with van der Waals surface area (Å²) in [4.78, 5) is 2.28. The van der Waals surface area contributed by atoms with E-state index in [0.29, 0.717) is 0 Å². The van der Waals surface area contributed by atoms with Gasteiger partial charge in [-0.3, -0.25) is 0 Å². The second-order valence-electron chi connectivity index (χ2n) is 4.07. The highest BCUT2D eigenvalue weighted by molar-refractivity contribution is 9.10. The van der Waals surface area contributed by atoms with Crippen molar-refractivity contribution in [1.82, 2.24) is 0 Å². The van der Waals surface area contributed by atoms with Gasteiger partial charge >= 0.3 is 0 Å². The number of hydrogen-bond donors (Lipinski definition) is 1. The van der Waals surface area contributed by atoms with Gasteiger partial charge in [-0.05, 0) is 47.5 Å². The van der Waals surface area contributed by atoms with Crippen molar-refractivity contribution in [2.24, 2.45) is 5.73 Å². The fourth-order valence-corrected chi connectivity index (χ4v) is 2.36. The molecule has 1 atom stereocenters. The Hall–Kier alpha value is -0.580. The highest BCUT2D eigenvalue weighted by Crippen LogP contribution is 2.28. The zero-order valence-corrected chi connectivity index (χ0v) is 12.3. The molecule has 96 valence electrons. The standard InChI is InChI=1S/C13H21BrN2O/c1-4-16(7-8-17-3)13-6-5-11(10(2)15)9-12(13)14/h5-6,9-10H,4,7-8,15H2,1-3H3/t10-/m1/s1. The molecular weight excluding hydrogens is 280 g/mol. The maximum Gasteiger partial charge on any atom is 0.0637 e. The summed E-state index contributed by atoms with van der Waals surface area (Å²) in [5.74, 6) is 0. The summed E-state index contributed by atoms with van der Waals surface area (Å²) in [7, 11) is 1.72. The fraction of sp³-hybridized carbons (Fsp3) is 0.538. The van der Waals surface area contributed by atoms with Crippen molar-refractivity contribution in [2.75, 3.05) is 31.7 Å². The van der Waals surface area contributed by atoms with Crippen molar-refractivity contribution in [1.29, 1.82) is 0 Å². The lowest BCUT2D eigenvalue weighted by Gasteiger charge is -2.24. The Balaban J connectivity index is 2.88. The summed E-state index contributed by atoms with van der Waals surface area (Å²) >= 11 is 3.61. The molecule has 0 saturated carbocycles. The minimum Gasteiger partial charge on any atom is -0.383 e. The maximum atomic E-state index is 5.87. The summed E-state index contributed by atoms with van der Waals surface area (Å²) in [5.41, 5.74) is 8.20. The number of methoxy groups -OCH3 is 1. The smallest absolute Gasteiger partial charge is 0.0637 e. The molecule has 0 spiro atoms. The Morgan fingerprint density at radius 1 is 1.47 bits per heavy atom. The monoisotopic (exact) mass is 300 g/mol. The van der Waals surface area contributed by atoms with Crippen LogP contribution in [-0.2, 0) is 4.74 Å². The maximum absolute atomic E-state index is 5.87. The van der Waals surface area contributed by atoms with E-state index < -0.39 is 0 Å². The molecule has 3 nitrogen and oxygen atoms in total. The number of benzene rings is 1. The molecule has 2 N–H and O–H groups in total. The van der Waals surface area contributed by atoms with Crippen LogP contribution < -0.4 is 10.6 Å². The van der Waals surface area contributed by atoms with Crippen molar-refractivity contribution in [3.8, 4) is 0 Å². The van der Waals surface area contributed by atoms with Gasteiger partial charge in [-0.2, -0.15) is 0 Å². The van der Waals surface area contributed by atoms with Crippen LogP contribution in [0.3, 0.4) is 0 Å². The van der Waals surface area contributed by atoms with E-state index in [4.69, 9.17) is 10.5 Å². The van der Waals surface area contributed by atoms with Crippen molar-refractivity contribution < 1.29 is 4.74 Å². The molecule has 0 unspecified atom stereocenters. The Kier molecular flexibility index (Phi) is 5.95. The normalized spacial score (nSPS) is 12.5. The lowest BCUT2D eigenvalue weighted by atomic mass is 10.1. The van der Waals surface area contributed by atoms with Crippen LogP contribution >= 0.6 is 15.9 Å². The number of anilines is 1. The third kappa shape index (κ3) is 3.98. The highest BCUT2D eigenvalue weighted by Gasteiger charge is 2.10. The second kappa shape index (κ2) is 6.99. The minimum atomic E-state index is 0.0643. The Labute approximate surface area is 112 Å². The molecule has 0 aliphatic heterocycles. The van der Waals surface area contributed by atoms with E-state index in [1.807, 2.05) is 6.92 Å². The van der Waals surface area contributed by atoms with Gasteiger partial charge < -0.3 is 15.4 Å². The van der Waals surface area contributed by atoms with E-state index in [2.05, 4.69) is 46.0 Å². The number of nitrogens with two attached hydrogens (primary N) is 1. The fourth-order valence-electron chi connectivity index (χ4n) is 1.71. The zero-order valence-electron chi connectivity index (χ0n) is 10.7. The molecule has 4 heteroatoms. The van der Waals surface area contributed by atoms with Crippen LogP contribution in [0.4, 0.5) is 5.69 Å². The van der Waals surface area contributed by atoms with Gasteiger partial charge in [0.15, 0.2) is 0 Å². The van der Waals surface area contributed by atoms with Gasteiger partial charge in [-0.1, -0.05) is 6.07 Å². The molecule has 1 rings (SSSR count). The van der Waals surface area contributed by atoms with E-state index in [1.165, 1.54) is 5.69 Å². The van der Waals surface area contributed by atoms with Crippen LogP contribution in [0.25, 0.3) is 0 Å². The first-order valence-corrected chi connectivity index (χ1v) is 6.68. The molecule has 0 radical (unpaired) electrons. The van der Waals surface area contributed by atoms with E-state index >= 15 is 0 Å². The number of ether oxygens (including phenoxy) is 1. The quantitative estimate of drug-likeness (QED) is 0.878. The van der Waals surface area contributed by atoms with Crippen molar-refractivity contribution in [3.63, 3.8) is 0 Å². The van der Waals surface area contributed by atoms with Crippen LogP contribution in [0.1, 0.15) is 25.5 Å². The summed E-state index contributed by atoms with van der Waals surface area (Å²) in [6.07, 6.45) is 0. The molecule has 0 amide bonds. The van der Waals surface area contributed by atoms with Gasteiger partial charge in [0, 0.05) is 30.7 Å². The van der Waals surface area contributed by atoms with Crippen LogP contribution in [0.5, 0.6) is 0 Å². The number of likely N-dealkylation sites (N-methyl/N-ethyl adjacent to an activating group) is 1. The van der Waals surface area contributed by atoms with Gasteiger partial charge in [-0.25, -0.2) is 0 Å². The summed E-state index contributed by atoms with van der Waals surface area (Å²) < 4.78 is 6.21. The topological polar surface area (TPSA) is 38.5 Å². The summed E-state index contributed by atoms with van der Waals surface area (Å²) in [6.45, 7) is 6.71. The molecule has 1 aromatic carbocycles. The molecule has 17 heavy (non-hydrogen) atoms. The molecule has 0 aliphatic carbocycles. The number of nitrogens with zero attached hydrogens (tertiary/aromatic N) is 1. The van der Waals surface area contributed by atoms with Crippen LogP contribution in [-0.4, -0.2) is 26.8 Å². The molecule has 0 aromatic heterocycles. The lowest BCUT2D eigenvalue weighted by Crippen LogP contribution is -2.27. The predicted molar refractivity (Wildman–Crippen MR) is 76.5 cm³/mol. The van der Waals surface area contributed by atoms with Gasteiger partial charge in [0.1, 0.15) is 0 Å². The number of halogens is 1. The largest absolute Gasteiger partial charge is 0.383 e. The van der Waals surface area contributed by atoms with Gasteiger partial charge in [-0.15, -0.1) is 0 Å². The summed E-state index contributed by atoms with van der Waals surface area (Å²) in [6, 6.07) is 6.35. The molecule has 1 aromatic rings. The minimum absolute atomic E-state index is 0.0643. The van der Waals surface area contributed by atoms with E-state index in [-0.39, 0.29) is 6.04 Å².